The number of carbonyl (C=O) groups excluding carboxylic acids is 1. The standard InChI is InChI=1S/C16H19N3OS/c20-16(12-9-17-10-12)19-7-5-11(6-8-19)15-18-13-3-1-2-4-14(13)21-15/h1-4,11-12,17H,5-10H2. The zero-order valence-electron chi connectivity index (χ0n) is 11.9. The van der Waals surface area contributed by atoms with Gasteiger partial charge in [0, 0.05) is 32.1 Å². The van der Waals surface area contributed by atoms with E-state index in [0.29, 0.717) is 11.8 Å². The molecule has 3 heterocycles. The summed E-state index contributed by atoms with van der Waals surface area (Å²) in [7, 11) is 0. The molecule has 0 spiro atoms. The topological polar surface area (TPSA) is 45.2 Å². The second-order valence-corrected chi connectivity index (χ2v) is 7.04. The largest absolute Gasteiger partial charge is 0.342 e. The Morgan fingerprint density at radius 2 is 2.00 bits per heavy atom. The van der Waals surface area contributed by atoms with Crippen LogP contribution < -0.4 is 5.32 Å². The molecule has 2 saturated heterocycles. The Balaban J connectivity index is 1.43. The molecule has 0 bridgehead atoms. The molecule has 1 aromatic heterocycles. The second-order valence-electron chi connectivity index (χ2n) is 5.97. The number of benzene rings is 1. The summed E-state index contributed by atoms with van der Waals surface area (Å²) in [5, 5.41) is 4.42. The van der Waals surface area contributed by atoms with E-state index in [0.717, 1.165) is 44.5 Å². The normalized spacial score (nSPS) is 20.7. The minimum atomic E-state index is 0.226. The van der Waals surface area contributed by atoms with Gasteiger partial charge in [0.2, 0.25) is 5.91 Å². The quantitative estimate of drug-likeness (QED) is 0.925. The van der Waals surface area contributed by atoms with Crippen molar-refractivity contribution in [3.05, 3.63) is 29.3 Å². The van der Waals surface area contributed by atoms with E-state index in [9.17, 15) is 4.79 Å². The summed E-state index contributed by atoms with van der Waals surface area (Å²) in [6.45, 7) is 3.49. The fraction of sp³-hybridized carbons (Fsp3) is 0.500. The van der Waals surface area contributed by atoms with Crippen molar-refractivity contribution in [2.75, 3.05) is 26.2 Å². The summed E-state index contributed by atoms with van der Waals surface area (Å²) in [4.78, 5) is 19.1. The fourth-order valence-corrected chi connectivity index (χ4v) is 4.27. The van der Waals surface area contributed by atoms with E-state index in [4.69, 9.17) is 4.98 Å². The van der Waals surface area contributed by atoms with Gasteiger partial charge >= 0.3 is 0 Å². The van der Waals surface area contributed by atoms with Crippen molar-refractivity contribution in [3.63, 3.8) is 0 Å². The molecule has 0 atom stereocenters. The van der Waals surface area contributed by atoms with Crippen LogP contribution in [0.4, 0.5) is 0 Å². The van der Waals surface area contributed by atoms with E-state index in [1.807, 2.05) is 17.4 Å². The first-order valence-electron chi connectivity index (χ1n) is 7.66. The van der Waals surface area contributed by atoms with E-state index in [1.165, 1.54) is 9.71 Å². The smallest absolute Gasteiger partial charge is 0.228 e. The Bertz CT molecular complexity index is 623. The van der Waals surface area contributed by atoms with Crippen molar-refractivity contribution in [2.24, 2.45) is 5.92 Å². The highest BCUT2D eigenvalue weighted by Crippen LogP contribution is 2.34. The highest BCUT2D eigenvalue weighted by molar-refractivity contribution is 7.18. The molecule has 0 radical (unpaired) electrons. The summed E-state index contributed by atoms with van der Waals surface area (Å²) in [6.07, 6.45) is 2.09. The molecule has 2 aliphatic rings. The molecule has 2 aliphatic heterocycles. The molecule has 110 valence electrons. The third-order valence-corrected chi connectivity index (χ3v) is 5.80. The summed E-state index contributed by atoms with van der Waals surface area (Å²) < 4.78 is 1.27. The molecule has 2 fully saturated rings. The van der Waals surface area contributed by atoms with E-state index in [-0.39, 0.29) is 5.92 Å². The van der Waals surface area contributed by atoms with Gasteiger partial charge in [-0.05, 0) is 25.0 Å². The van der Waals surface area contributed by atoms with E-state index in [1.54, 1.807) is 0 Å². The average Bonchev–Trinajstić information content (AvgIpc) is 2.89. The molecular weight excluding hydrogens is 282 g/mol. The lowest BCUT2D eigenvalue weighted by Gasteiger charge is -2.36. The number of amides is 1. The number of nitrogens with zero attached hydrogens (tertiary/aromatic N) is 2. The van der Waals surface area contributed by atoms with Gasteiger partial charge in [-0.2, -0.15) is 0 Å². The summed E-state index contributed by atoms with van der Waals surface area (Å²) in [6, 6.07) is 8.33. The first kappa shape index (κ1) is 13.2. The zero-order valence-corrected chi connectivity index (χ0v) is 12.7. The van der Waals surface area contributed by atoms with Gasteiger partial charge in [-0.1, -0.05) is 12.1 Å². The highest BCUT2D eigenvalue weighted by Gasteiger charge is 2.32. The molecule has 0 aliphatic carbocycles. The van der Waals surface area contributed by atoms with Crippen molar-refractivity contribution in [3.8, 4) is 0 Å². The number of para-hydroxylation sites is 1. The number of piperidine rings is 1. The van der Waals surface area contributed by atoms with Gasteiger partial charge in [0.25, 0.3) is 0 Å². The SMILES string of the molecule is O=C(C1CNC1)N1CCC(c2nc3ccccc3s2)CC1. The van der Waals surface area contributed by atoms with E-state index in [2.05, 4.69) is 28.4 Å². The van der Waals surface area contributed by atoms with Crippen molar-refractivity contribution in [1.82, 2.24) is 15.2 Å². The van der Waals surface area contributed by atoms with Gasteiger partial charge in [0.15, 0.2) is 0 Å². The van der Waals surface area contributed by atoms with Crippen LogP contribution in [0.1, 0.15) is 23.8 Å². The van der Waals surface area contributed by atoms with Gasteiger partial charge in [0.1, 0.15) is 0 Å². The van der Waals surface area contributed by atoms with Crippen LogP contribution in [0, 0.1) is 5.92 Å². The number of fused-ring (bicyclic) bond motifs is 1. The minimum absolute atomic E-state index is 0.226. The molecular formula is C16H19N3OS. The van der Waals surface area contributed by atoms with Gasteiger partial charge in [-0.3, -0.25) is 4.79 Å². The van der Waals surface area contributed by atoms with Crippen molar-refractivity contribution < 1.29 is 4.79 Å². The number of thiazole rings is 1. The van der Waals surface area contributed by atoms with Crippen molar-refractivity contribution in [1.29, 1.82) is 0 Å². The summed E-state index contributed by atoms with van der Waals surface area (Å²) in [5.74, 6) is 1.09. The predicted molar refractivity (Wildman–Crippen MR) is 84.5 cm³/mol. The molecule has 0 unspecified atom stereocenters. The van der Waals surface area contributed by atoms with Crippen LogP contribution >= 0.6 is 11.3 Å². The number of aromatic nitrogens is 1. The fourth-order valence-electron chi connectivity index (χ4n) is 3.13. The van der Waals surface area contributed by atoms with Crippen LogP contribution in [0.2, 0.25) is 0 Å². The van der Waals surface area contributed by atoms with Crippen LogP contribution in [0.5, 0.6) is 0 Å². The molecule has 4 nitrogen and oxygen atoms in total. The van der Waals surface area contributed by atoms with Gasteiger partial charge < -0.3 is 10.2 Å². The predicted octanol–water partition coefficient (Wildman–Crippen LogP) is 2.22. The van der Waals surface area contributed by atoms with E-state index < -0.39 is 0 Å². The van der Waals surface area contributed by atoms with Crippen LogP contribution in [-0.4, -0.2) is 42.0 Å². The Morgan fingerprint density at radius 3 is 2.67 bits per heavy atom. The van der Waals surface area contributed by atoms with Gasteiger partial charge in [-0.15, -0.1) is 11.3 Å². The minimum Gasteiger partial charge on any atom is -0.342 e. The molecule has 2 aromatic rings. The summed E-state index contributed by atoms with van der Waals surface area (Å²) in [5.41, 5.74) is 1.11. The number of hydrogen-bond donors (Lipinski definition) is 1. The van der Waals surface area contributed by atoms with Crippen molar-refractivity contribution >= 4 is 27.5 Å². The molecule has 1 N–H and O–H groups in total. The number of carbonyl (C=O) groups is 1. The van der Waals surface area contributed by atoms with Gasteiger partial charge in [0.05, 0.1) is 21.1 Å². The first-order valence-corrected chi connectivity index (χ1v) is 8.48. The van der Waals surface area contributed by atoms with Gasteiger partial charge in [-0.25, -0.2) is 4.98 Å². The third-order valence-electron chi connectivity index (χ3n) is 4.60. The highest BCUT2D eigenvalue weighted by atomic mass is 32.1. The lowest BCUT2D eigenvalue weighted by atomic mass is 9.95. The molecule has 1 aromatic carbocycles. The number of nitrogens with one attached hydrogen (secondary N) is 1. The molecule has 1 amide bonds. The lowest BCUT2D eigenvalue weighted by molar-refractivity contribution is -0.138. The molecule has 21 heavy (non-hydrogen) atoms. The maximum Gasteiger partial charge on any atom is 0.228 e. The maximum absolute atomic E-state index is 12.2. The number of likely N-dealkylation sites (tertiary alicyclic amines) is 1. The number of hydrogen-bond acceptors (Lipinski definition) is 4. The zero-order chi connectivity index (χ0) is 14.2. The van der Waals surface area contributed by atoms with Crippen LogP contribution in [0.15, 0.2) is 24.3 Å². The molecule has 5 heteroatoms. The second kappa shape index (κ2) is 5.39. The monoisotopic (exact) mass is 301 g/mol. The van der Waals surface area contributed by atoms with Crippen molar-refractivity contribution in [2.45, 2.75) is 18.8 Å². The average molecular weight is 301 g/mol. The van der Waals surface area contributed by atoms with Crippen LogP contribution in [0.25, 0.3) is 10.2 Å². The first-order chi connectivity index (χ1) is 10.3. The van der Waals surface area contributed by atoms with E-state index >= 15 is 0 Å². The Kier molecular flexibility index (Phi) is 3.39. The maximum atomic E-state index is 12.2. The van der Waals surface area contributed by atoms with Crippen LogP contribution in [0.3, 0.4) is 0 Å². The Hall–Kier alpha value is -1.46. The Labute approximate surface area is 128 Å². The Morgan fingerprint density at radius 1 is 1.24 bits per heavy atom. The summed E-state index contributed by atoms with van der Waals surface area (Å²) >= 11 is 1.81. The number of rotatable bonds is 2. The third kappa shape index (κ3) is 2.45. The molecule has 4 rings (SSSR count). The molecule has 0 saturated carbocycles. The lowest BCUT2D eigenvalue weighted by Crippen LogP contribution is -2.53. The van der Waals surface area contributed by atoms with Crippen LogP contribution in [-0.2, 0) is 4.79 Å².